The van der Waals surface area contributed by atoms with E-state index in [4.69, 9.17) is 10.5 Å². The molecule has 0 saturated carbocycles. The molecule has 0 unspecified atom stereocenters. The van der Waals surface area contributed by atoms with Crippen LogP contribution >= 0.6 is 0 Å². The number of carbonyl (C=O) groups excluding carboxylic acids is 1. The normalized spacial score (nSPS) is 15.8. The number of hydrogen-bond acceptors (Lipinski definition) is 7. The molecule has 0 aromatic heterocycles. The van der Waals surface area contributed by atoms with Crippen molar-refractivity contribution in [2.75, 3.05) is 38.5 Å². The fourth-order valence-electron chi connectivity index (χ4n) is 5.14. The number of fused-ring (bicyclic) bond motifs is 3. The lowest BCUT2D eigenvalue weighted by Crippen LogP contribution is -2.48. The first-order valence-electron chi connectivity index (χ1n) is 12.0. The fraction of sp³-hybridized carbons (Fsp3) is 0.296. The van der Waals surface area contributed by atoms with Crippen molar-refractivity contribution in [3.05, 3.63) is 82.9 Å². The first-order valence-corrected chi connectivity index (χ1v) is 13.4. The molecule has 1 aliphatic heterocycles. The molecule has 1 heterocycles. The summed E-state index contributed by atoms with van der Waals surface area (Å²) in [5, 5.41) is 0. The average Bonchev–Trinajstić information content (AvgIpc) is 3.18. The number of nitrogens with zero attached hydrogens (tertiary/aromatic N) is 2. The third-order valence-corrected chi connectivity index (χ3v) is 7.42. The average molecular weight is 526 g/mol. The van der Waals surface area contributed by atoms with E-state index in [9.17, 15) is 17.1 Å². The highest BCUT2D eigenvalue weighted by atomic mass is 32.3. The second-order valence-corrected chi connectivity index (χ2v) is 10.3. The molecule has 0 radical (unpaired) electrons. The third-order valence-electron chi connectivity index (χ3n) is 7.04. The van der Waals surface area contributed by atoms with Crippen LogP contribution in [-0.2, 0) is 21.8 Å². The van der Waals surface area contributed by atoms with Crippen LogP contribution in [0.25, 0.3) is 11.1 Å². The Balaban J connectivity index is 1.18. The van der Waals surface area contributed by atoms with Gasteiger partial charge in [-0.05, 0) is 46.4 Å². The van der Waals surface area contributed by atoms with Crippen LogP contribution in [0.5, 0.6) is 5.75 Å². The van der Waals surface area contributed by atoms with Gasteiger partial charge in [0.1, 0.15) is 6.61 Å². The number of amides is 1. The van der Waals surface area contributed by atoms with Gasteiger partial charge in [-0.25, -0.2) is 4.79 Å². The molecule has 194 valence electrons. The molecule has 0 bridgehead atoms. The molecule has 10 heteroatoms. The number of hydrogen-bond donors (Lipinski definition) is 1. The van der Waals surface area contributed by atoms with Crippen LogP contribution in [0.4, 0.5) is 14.4 Å². The van der Waals surface area contributed by atoms with Crippen LogP contribution in [0.1, 0.15) is 28.2 Å². The summed E-state index contributed by atoms with van der Waals surface area (Å²) in [6.07, 6.45) is -0.342. The first-order chi connectivity index (χ1) is 17.7. The molecule has 37 heavy (non-hydrogen) atoms. The second-order valence-electron chi connectivity index (χ2n) is 9.35. The van der Waals surface area contributed by atoms with E-state index in [1.54, 1.807) is 17.9 Å². The minimum atomic E-state index is -5.16. The van der Waals surface area contributed by atoms with E-state index in [0.717, 1.165) is 5.56 Å². The molecule has 2 N–H and O–H groups in total. The molecular weight excluding hydrogens is 497 g/mol. The minimum absolute atomic E-state index is 0.00806. The lowest BCUT2D eigenvalue weighted by Gasteiger charge is -2.34. The van der Waals surface area contributed by atoms with E-state index in [1.165, 1.54) is 28.3 Å². The maximum atomic E-state index is 13.1. The Labute approximate surface area is 215 Å². The summed E-state index contributed by atoms with van der Waals surface area (Å²) in [6, 6.07) is 19.4. The SMILES string of the molecule is Cc1c(CN2CCN(C(=O)OCC3c4ccccc4-c4ccccc43)CC2)cc(N)cc1OS(=O)(=O)F. The number of nitrogen functional groups attached to an aromatic ring is 1. The minimum Gasteiger partial charge on any atom is -0.448 e. The molecular formula is C27H28FN3O5S. The van der Waals surface area contributed by atoms with Gasteiger partial charge in [-0.3, -0.25) is 4.90 Å². The molecule has 8 nitrogen and oxygen atoms in total. The van der Waals surface area contributed by atoms with E-state index < -0.39 is 10.5 Å². The quantitative estimate of drug-likeness (QED) is 0.379. The lowest BCUT2D eigenvalue weighted by molar-refractivity contribution is 0.0728. The molecule has 1 aliphatic carbocycles. The smallest absolute Gasteiger partial charge is 0.448 e. The van der Waals surface area contributed by atoms with Crippen molar-refractivity contribution in [3.8, 4) is 16.9 Å². The molecule has 0 atom stereocenters. The van der Waals surface area contributed by atoms with Crippen molar-refractivity contribution in [2.45, 2.75) is 19.4 Å². The topological polar surface area (TPSA) is 102 Å². The summed E-state index contributed by atoms with van der Waals surface area (Å²) in [5.41, 5.74) is 12.1. The summed E-state index contributed by atoms with van der Waals surface area (Å²) in [5.74, 6) is -0.122. The highest BCUT2D eigenvalue weighted by molar-refractivity contribution is 7.81. The van der Waals surface area contributed by atoms with Gasteiger partial charge in [0.05, 0.1) is 0 Å². The summed E-state index contributed by atoms with van der Waals surface area (Å²) in [7, 11) is -5.16. The monoisotopic (exact) mass is 525 g/mol. The summed E-state index contributed by atoms with van der Waals surface area (Å²) >= 11 is 0. The largest absolute Gasteiger partial charge is 0.488 e. The Hall–Kier alpha value is -3.63. The lowest BCUT2D eigenvalue weighted by atomic mass is 9.98. The van der Waals surface area contributed by atoms with Crippen LogP contribution in [0.15, 0.2) is 60.7 Å². The van der Waals surface area contributed by atoms with Crippen LogP contribution in [0.3, 0.4) is 0 Å². The number of nitrogens with two attached hydrogens (primary N) is 1. The van der Waals surface area contributed by atoms with Crippen LogP contribution in [-0.4, -0.2) is 57.1 Å². The van der Waals surface area contributed by atoms with Gasteiger partial charge >= 0.3 is 16.6 Å². The second kappa shape index (κ2) is 10.0. The van der Waals surface area contributed by atoms with Gasteiger partial charge in [0.2, 0.25) is 0 Å². The Morgan fingerprint density at radius 2 is 1.59 bits per heavy atom. The van der Waals surface area contributed by atoms with Gasteiger partial charge in [0.15, 0.2) is 5.75 Å². The van der Waals surface area contributed by atoms with Crippen molar-refractivity contribution < 1.29 is 26.0 Å². The molecule has 1 fully saturated rings. The fourth-order valence-corrected chi connectivity index (χ4v) is 5.53. The number of anilines is 1. The number of ether oxygens (including phenoxy) is 1. The predicted molar refractivity (Wildman–Crippen MR) is 138 cm³/mol. The number of piperazine rings is 1. The van der Waals surface area contributed by atoms with E-state index in [0.29, 0.717) is 38.3 Å². The number of rotatable bonds is 6. The number of benzene rings is 3. The first kappa shape index (κ1) is 25.0. The Morgan fingerprint density at radius 3 is 2.19 bits per heavy atom. The Kier molecular flexibility index (Phi) is 6.78. The van der Waals surface area contributed by atoms with E-state index >= 15 is 0 Å². The summed E-state index contributed by atoms with van der Waals surface area (Å²) in [4.78, 5) is 16.7. The van der Waals surface area contributed by atoms with Crippen molar-refractivity contribution in [3.63, 3.8) is 0 Å². The highest BCUT2D eigenvalue weighted by Crippen LogP contribution is 2.44. The van der Waals surface area contributed by atoms with Crippen LogP contribution in [0.2, 0.25) is 0 Å². The maximum Gasteiger partial charge on any atom is 0.488 e. The van der Waals surface area contributed by atoms with Gasteiger partial charge in [-0.15, -0.1) is 0 Å². The number of halogens is 1. The molecule has 1 saturated heterocycles. The highest BCUT2D eigenvalue weighted by Gasteiger charge is 2.30. The molecule has 0 spiro atoms. The molecule has 2 aliphatic rings. The van der Waals surface area contributed by atoms with Crippen LogP contribution < -0.4 is 9.92 Å². The Morgan fingerprint density at radius 1 is 1.00 bits per heavy atom. The van der Waals surface area contributed by atoms with Gasteiger partial charge in [-0.2, -0.15) is 8.42 Å². The molecule has 1 amide bonds. The van der Waals surface area contributed by atoms with E-state index in [1.807, 2.05) is 24.3 Å². The van der Waals surface area contributed by atoms with E-state index in [-0.39, 0.29) is 30.1 Å². The zero-order valence-electron chi connectivity index (χ0n) is 20.4. The van der Waals surface area contributed by atoms with Crippen molar-refractivity contribution in [1.82, 2.24) is 9.80 Å². The van der Waals surface area contributed by atoms with Crippen LogP contribution in [0, 0.1) is 6.92 Å². The molecule has 5 rings (SSSR count). The van der Waals surface area contributed by atoms with Gasteiger partial charge in [0, 0.05) is 50.4 Å². The Bertz CT molecular complexity index is 1390. The van der Waals surface area contributed by atoms with Crippen molar-refractivity contribution in [2.24, 2.45) is 0 Å². The van der Waals surface area contributed by atoms with Gasteiger partial charge in [0.25, 0.3) is 0 Å². The molecule has 3 aromatic rings. The third kappa shape index (κ3) is 5.40. The van der Waals surface area contributed by atoms with Crippen molar-refractivity contribution in [1.29, 1.82) is 0 Å². The maximum absolute atomic E-state index is 13.1. The standard InChI is InChI=1S/C27H28FN3O5S/c1-18-19(14-20(29)15-26(18)36-37(28,33)34)16-30-10-12-31(13-11-30)27(32)35-17-25-23-8-4-2-6-21(23)22-7-3-5-9-24(22)25/h2-9,14-15,25H,10-13,16-17,29H2,1H3. The zero-order valence-corrected chi connectivity index (χ0v) is 21.2. The van der Waals surface area contributed by atoms with Gasteiger partial charge < -0.3 is 19.6 Å². The number of carbonyl (C=O) groups is 1. The zero-order chi connectivity index (χ0) is 26.2. The van der Waals surface area contributed by atoms with Crippen molar-refractivity contribution >= 4 is 22.3 Å². The predicted octanol–water partition coefficient (Wildman–Crippen LogP) is 4.24. The van der Waals surface area contributed by atoms with E-state index in [2.05, 4.69) is 33.3 Å². The summed E-state index contributed by atoms with van der Waals surface area (Å²) in [6.45, 7) is 4.54. The summed E-state index contributed by atoms with van der Waals surface area (Å²) < 4.78 is 45.1. The molecule has 3 aromatic carbocycles. The van der Waals surface area contributed by atoms with Gasteiger partial charge in [-0.1, -0.05) is 52.4 Å².